The van der Waals surface area contributed by atoms with E-state index in [2.05, 4.69) is 11.8 Å². The standard InChI is InChI=1S/C28H26Cl2N4O2/c1-19(32-13-15-33(16-14-32)27(35)21-11-12-23(29)24(30)17-21)26-31-25-10-6-5-9-22(25)28(36)34(26)18-20-7-3-2-4-8-20/h2-12,17,19H,13-16,18H2,1H3. The predicted molar refractivity (Wildman–Crippen MR) is 144 cm³/mol. The number of aromatic nitrogens is 2. The number of carbonyl (C=O) groups excluding carboxylic acids is 1. The Morgan fingerprint density at radius 3 is 2.33 bits per heavy atom. The van der Waals surface area contributed by atoms with Gasteiger partial charge in [0.2, 0.25) is 0 Å². The van der Waals surface area contributed by atoms with Crippen molar-refractivity contribution in [3.8, 4) is 0 Å². The summed E-state index contributed by atoms with van der Waals surface area (Å²) in [6.07, 6.45) is 0. The van der Waals surface area contributed by atoms with E-state index in [1.54, 1.807) is 22.8 Å². The molecule has 6 nitrogen and oxygen atoms in total. The summed E-state index contributed by atoms with van der Waals surface area (Å²) in [4.78, 5) is 35.6. The lowest BCUT2D eigenvalue weighted by atomic mass is 10.1. The molecule has 2 heterocycles. The van der Waals surface area contributed by atoms with Gasteiger partial charge in [0.15, 0.2) is 0 Å². The number of hydrogen-bond donors (Lipinski definition) is 0. The van der Waals surface area contributed by atoms with Crippen molar-refractivity contribution in [2.24, 2.45) is 0 Å². The first-order valence-corrected chi connectivity index (χ1v) is 12.7. The van der Waals surface area contributed by atoms with E-state index < -0.39 is 0 Å². The molecular formula is C28H26Cl2N4O2. The summed E-state index contributed by atoms with van der Waals surface area (Å²) in [6, 6.07) is 22.3. The van der Waals surface area contributed by atoms with Crippen molar-refractivity contribution >= 4 is 40.0 Å². The van der Waals surface area contributed by atoms with Crippen molar-refractivity contribution < 1.29 is 4.79 Å². The molecule has 0 spiro atoms. The van der Waals surface area contributed by atoms with Crippen LogP contribution in [0.5, 0.6) is 0 Å². The van der Waals surface area contributed by atoms with Crippen LogP contribution in [0.2, 0.25) is 10.0 Å². The number of para-hydroxylation sites is 1. The maximum absolute atomic E-state index is 13.5. The lowest BCUT2D eigenvalue weighted by Crippen LogP contribution is -2.50. The van der Waals surface area contributed by atoms with E-state index in [4.69, 9.17) is 28.2 Å². The molecule has 8 heteroatoms. The largest absolute Gasteiger partial charge is 0.336 e. The van der Waals surface area contributed by atoms with Gasteiger partial charge in [-0.05, 0) is 42.8 Å². The number of benzene rings is 3. The fraction of sp³-hybridized carbons (Fsp3) is 0.250. The Morgan fingerprint density at radius 2 is 1.61 bits per heavy atom. The molecule has 184 valence electrons. The molecular weight excluding hydrogens is 495 g/mol. The van der Waals surface area contributed by atoms with Gasteiger partial charge in [0.1, 0.15) is 5.82 Å². The summed E-state index contributed by atoms with van der Waals surface area (Å²) in [5, 5.41) is 1.41. The van der Waals surface area contributed by atoms with Crippen LogP contribution >= 0.6 is 23.2 Å². The highest BCUT2D eigenvalue weighted by Gasteiger charge is 2.28. The van der Waals surface area contributed by atoms with Gasteiger partial charge in [-0.3, -0.25) is 19.1 Å². The number of hydrogen-bond acceptors (Lipinski definition) is 4. The van der Waals surface area contributed by atoms with Gasteiger partial charge in [0.05, 0.1) is 33.5 Å². The second-order valence-corrected chi connectivity index (χ2v) is 9.81. The fourth-order valence-electron chi connectivity index (χ4n) is 4.71. The number of piperazine rings is 1. The third kappa shape index (κ3) is 4.89. The third-order valence-electron chi connectivity index (χ3n) is 6.76. The summed E-state index contributed by atoms with van der Waals surface area (Å²) in [6.45, 7) is 5.01. The van der Waals surface area contributed by atoms with Crippen molar-refractivity contribution in [1.29, 1.82) is 0 Å². The van der Waals surface area contributed by atoms with Gasteiger partial charge in [-0.2, -0.15) is 0 Å². The van der Waals surface area contributed by atoms with E-state index >= 15 is 0 Å². The van der Waals surface area contributed by atoms with Gasteiger partial charge in [-0.15, -0.1) is 0 Å². The Morgan fingerprint density at radius 1 is 0.917 bits per heavy atom. The van der Waals surface area contributed by atoms with E-state index in [0.29, 0.717) is 59.2 Å². The van der Waals surface area contributed by atoms with Crippen LogP contribution in [0.15, 0.2) is 77.6 Å². The van der Waals surface area contributed by atoms with Gasteiger partial charge in [-0.1, -0.05) is 65.7 Å². The first kappa shape index (κ1) is 24.5. The molecule has 5 rings (SSSR count). The van der Waals surface area contributed by atoms with Gasteiger partial charge in [-0.25, -0.2) is 4.98 Å². The highest BCUT2D eigenvalue weighted by atomic mass is 35.5. The first-order chi connectivity index (χ1) is 17.4. The first-order valence-electron chi connectivity index (χ1n) is 11.9. The van der Waals surface area contributed by atoms with Crippen LogP contribution in [0.25, 0.3) is 10.9 Å². The Labute approximate surface area is 219 Å². The molecule has 0 saturated carbocycles. The molecule has 1 fully saturated rings. The Hall–Kier alpha value is -3.19. The zero-order chi connectivity index (χ0) is 25.2. The minimum absolute atomic E-state index is 0.0419. The summed E-state index contributed by atoms with van der Waals surface area (Å²) in [5.74, 6) is 0.664. The van der Waals surface area contributed by atoms with Crippen LogP contribution in [0.3, 0.4) is 0 Å². The maximum Gasteiger partial charge on any atom is 0.261 e. The monoisotopic (exact) mass is 520 g/mol. The van der Waals surface area contributed by atoms with Crippen LogP contribution in [-0.2, 0) is 6.54 Å². The molecule has 0 radical (unpaired) electrons. The van der Waals surface area contributed by atoms with E-state index in [9.17, 15) is 9.59 Å². The Bertz CT molecular complexity index is 1460. The molecule has 1 atom stereocenters. The van der Waals surface area contributed by atoms with Gasteiger partial charge in [0.25, 0.3) is 11.5 Å². The van der Waals surface area contributed by atoms with Crippen molar-refractivity contribution in [1.82, 2.24) is 19.4 Å². The molecule has 4 aromatic rings. The Kier molecular flexibility index (Phi) is 7.10. The summed E-state index contributed by atoms with van der Waals surface area (Å²) >= 11 is 12.1. The molecule has 0 aliphatic carbocycles. The topological polar surface area (TPSA) is 58.4 Å². The second kappa shape index (κ2) is 10.4. The molecule has 0 bridgehead atoms. The molecule has 1 aliphatic heterocycles. The highest BCUT2D eigenvalue weighted by molar-refractivity contribution is 6.42. The minimum atomic E-state index is -0.103. The average Bonchev–Trinajstić information content (AvgIpc) is 2.91. The minimum Gasteiger partial charge on any atom is -0.336 e. The summed E-state index contributed by atoms with van der Waals surface area (Å²) in [5.41, 5.74) is 2.22. The zero-order valence-electron chi connectivity index (χ0n) is 19.9. The number of halogens is 2. The molecule has 1 aromatic heterocycles. The van der Waals surface area contributed by atoms with Crippen molar-refractivity contribution in [2.45, 2.75) is 19.5 Å². The number of carbonyl (C=O) groups is 1. The smallest absolute Gasteiger partial charge is 0.261 e. The molecule has 3 aromatic carbocycles. The second-order valence-electron chi connectivity index (χ2n) is 9.00. The third-order valence-corrected chi connectivity index (χ3v) is 7.50. The summed E-state index contributed by atoms with van der Waals surface area (Å²) < 4.78 is 1.79. The van der Waals surface area contributed by atoms with Crippen LogP contribution in [0, 0.1) is 0 Å². The lowest BCUT2D eigenvalue weighted by molar-refractivity contribution is 0.0571. The molecule has 1 saturated heterocycles. The number of nitrogens with zero attached hydrogens (tertiary/aromatic N) is 4. The van der Waals surface area contributed by atoms with Crippen LogP contribution in [0.1, 0.15) is 34.7 Å². The van der Waals surface area contributed by atoms with E-state index in [1.165, 1.54) is 0 Å². The predicted octanol–water partition coefficient (Wildman–Crippen LogP) is 5.27. The van der Waals surface area contributed by atoms with Crippen molar-refractivity contribution in [3.63, 3.8) is 0 Å². The summed E-state index contributed by atoms with van der Waals surface area (Å²) in [7, 11) is 0. The van der Waals surface area contributed by atoms with E-state index in [-0.39, 0.29) is 17.5 Å². The fourth-order valence-corrected chi connectivity index (χ4v) is 5.01. The molecule has 1 aliphatic rings. The maximum atomic E-state index is 13.5. The molecule has 1 unspecified atom stereocenters. The Balaban J connectivity index is 1.39. The average molecular weight is 521 g/mol. The van der Waals surface area contributed by atoms with E-state index in [0.717, 1.165) is 11.4 Å². The van der Waals surface area contributed by atoms with Crippen LogP contribution < -0.4 is 5.56 Å². The normalized spacial score (nSPS) is 15.2. The van der Waals surface area contributed by atoms with Crippen molar-refractivity contribution in [2.75, 3.05) is 26.2 Å². The van der Waals surface area contributed by atoms with Gasteiger partial charge < -0.3 is 4.90 Å². The van der Waals surface area contributed by atoms with E-state index in [1.807, 2.05) is 59.5 Å². The molecule has 1 amide bonds. The van der Waals surface area contributed by atoms with Crippen molar-refractivity contribution in [3.05, 3.63) is 110 Å². The quantitative estimate of drug-likeness (QED) is 0.359. The lowest BCUT2D eigenvalue weighted by Gasteiger charge is -2.38. The number of amides is 1. The van der Waals surface area contributed by atoms with Crippen LogP contribution in [-0.4, -0.2) is 51.4 Å². The highest BCUT2D eigenvalue weighted by Crippen LogP contribution is 2.25. The molecule has 0 N–H and O–H groups in total. The number of rotatable bonds is 5. The van der Waals surface area contributed by atoms with Crippen LogP contribution in [0.4, 0.5) is 0 Å². The van der Waals surface area contributed by atoms with Gasteiger partial charge >= 0.3 is 0 Å². The van der Waals surface area contributed by atoms with Gasteiger partial charge in [0, 0.05) is 31.7 Å². The number of fused-ring (bicyclic) bond motifs is 1. The SMILES string of the molecule is CC(c1nc2ccccc2c(=O)n1Cc1ccccc1)N1CCN(C(=O)c2ccc(Cl)c(Cl)c2)CC1. The molecule has 36 heavy (non-hydrogen) atoms. The zero-order valence-corrected chi connectivity index (χ0v) is 21.4.